The fourth-order valence-corrected chi connectivity index (χ4v) is 4.45. The van der Waals surface area contributed by atoms with Crippen LogP contribution >= 0.6 is 0 Å². The standard InChI is InChI=1S/C28H36F2N4/c1-5-21-18-23(11-13-26(21)31)28(20(3)22-10-12-24(29)25(30)19-22)33(4)17-14-32-27(6-2)34-15-8-7-9-16-34/h10-14,17-19H,5-9,15-16,31H2,1-4H3/b17-14-,28-20+,32-27?. The van der Waals surface area contributed by atoms with Crippen LogP contribution in [0.25, 0.3) is 11.3 Å². The number of aliphatic imine (C=N–C) groups is 1. The van der Waals surface area contributed by atoms with Gasteiger partial charge in [-0.05, 0) is 79.1 Å². The summed E-state index contributed by atoms with van der Waals surface area (Å²) in [6, 6.07) is 9.93. The lowest BCUT2D eigenvalue weighted by molar-refractivity contribution is 0.337. The molecule has 182 valence electrons. The van der Waals surface area contributed by atoms with Crippen molar-refractivity contribution in [3.8, 4) is 0 Å². The van der Waals surface area contributed by atoms with E-state index in [0.717, 1.165) is 59.9 Å². The summed E-state index contributed by atoms with van der Waals surface area (Å²) in [5, 5.41) is 0. The Morgan fingerprint density at radius 2 is 1.74 bits per heavy atom. The summed E-state index contributed by atoms with van der Waals surface area (Å²) in [5.74, 6) is -0.626. The van der Waals surface area contributed by atoms with Crippen LogP contribution in [0.2, 0.25) is 0 Å². The number of benzene rings is 2. The van der Waals surface area contributed by atoms with Gasteiger partial charge in [-0.2, -0.15) is 0 Å². The highest BCUT2D eigenvalue weighted by atomic mass is 19.2. The highest BCUT2D eigenvalue weighted by molar-refractivity contribution is 5.90. The Kier molecular flexibility index (Phi) is 8.85. The minimum absolute atomic E-state index is 0.620. The zero-order valence-electron chi connectivity index (χ0n) is 20.7. The van der Waals surface area contributed by atoms with Gasteiger partial charge in [0, 0.05) is 44.6 Å². The van der Waals surface area contributed by atoms with E-state index in [2.05, 4.69) is 24.8 Å². The number of aryl methyl sites for hydroxylation is 1. The monoisotopic (exact) mass is 466 g/mol. The summed E-state index contributed by atoms with van der Waals surface area (Å²) >= 11 is 0. The van der Waals surface area contributed by atoms with Gasteiger partial charge in [0.25, 0.3) is 0 Å². The fraction of sp³-hybridized carbons (Fsp3) is 0.393. The van der Waals surface area contributed by atoms with Crippen LogP contribution in [0.1, 0.15) is 63.1 Å². The summed E-state index contributed by atoms with van der Waals surface area (Å²) in [4.78, 5) is 9.10. The quantitative estimate of drug-likeness (QED) is 0.214. The van der Waals surface area contributed by atoms with Gasteiger partial charge < -0.3 is 15.5 Å². The molecule has 2 aromatic rings. The van der Waals surface area contributed by atoms with Crippen molar-refractivity contribution in [3.63, 3.8) is 0 Å². The number of anilines is 1. The van der Waals surface area contributed by atoms with Gasteiger partial charge in [-0.3, -0.25) is 0 Å². The molecule has 1 fully saturated rings. The first-order valence-electron chi connectivity index (χ1n) is 12.1. The third kappa shape index (κ3) is 6.04. The summed E-state index contributed by atoms with van der Waals surface area (Å²) in [7, 11) is 1.94. The topological polar surface area (TPSA) is 44.9 Å². The zero-order chi connectivity index (χ0) is 24.7. The molecule has 6 heteroatoms. The van der Waals surface area contributed by atoms with E-state index in [1.165, 1.54) is 31.4 Å². The Bertz CT molecular complexity index is 1080. The van der Waals surface area contributed by atoms with Crippen LogP contribution in [0.4, 0.5) is 14.5 Å². The first-order chi connectivity index (χ1) is 16.3. The molecule has 2 aromatic carbocycles. The third-order valence-electron chi connectivity index (χ3n) is 6.41. The van der Waals surface area contributed by atoms with E-state index >= 15 is 0 Å². The summed E-state index contributed by atoms with van der Waals surface area (Å²) in [5.41, 5.74) is 11.2. The Balaban J connectivity index is 2.01. The molecule has 2 N–H and O–H groups in total. The second-order valence-corrected chi connectivity index (χ2v) is 8.73. The molecule has 0 aromatic heterocycles. The maximum atomic E-state index is 14.0. The minimum atomic E-state index is -0.861. The largest absolute Gasteiger partial charge is 0.399 e. The van der Waals surface area contributed by atoms with Gasteiger partial charge in [-0.1, -0.05) is 26.0 Å². The predicted octanol–water partition coefficient (Wildman–Crippen LogP) is 6.70. The molecule has 0 aliphatic carbocycles. The van der Waals surface area contributed by atoms with Gasteiger partial charge in [-0.15, -0.1) is 0 Å². The van der Waals surface area contributed by atoms with E-state index in [1.807, 2.05) is 43.4 Å². The SMILES string of the molecule is CCC(=N/C=C\N(C)/C(=C(\C)c1ccc(F)c(F)c1)c1ccc(N)c(CC)c1)N1CCCCC1. The number of nitrogen functional groups attached to an aromatic ring is 1. The van der Waals surface area contributed by atoms with Crippen LogP contribution in [-0.2, 0) is 6.42 Å². The number of hydrogen-bond acceptors (Lipinski definition) is 3. The normalized spacial score (nSPS) is 15.6. The van der Waals surface area contributed by atoms with Crippen molar-refractivity contribution in [1.29, 1.82) is 0 Å². The number of piperidine rings is 1. The van der Waals surface area contributed by atoms with Gasteiger partial charge >= 0.3 is 0 Å². The van der Waals surface area contributed by atoms with Crippen LogP contribution in [0, 0.1) is 11.6 Å². The molecule has 1 heterocycles. The highest BCUT2D eigenvalue weighted by Gasteiger charge is 2.15. The van der Waals surface area contributed by atoms with Gasteiger partial charge in [0.15, 0.2) is 11.6 Å². The number of rotatable bonds is 7. The van der Waals surface area contributed by atoms with E-state index in [0.29, 0.717) is 5.56 Å². The first-order valence-corrected chi connectivity index (χ1v) is 12.1. The predicted molar refractivity (Wildman–Crippen MR) is 139 cm³/mol. The van der Waals surface area contributed by atoms with Crippen molar-refractivity contribution in [2.24, 2.45) is 4.99 Å². The molecule has 0 unspecified atom stereocenters. The zero-order valence-corrected chi connectivity index (χ0v) is 20.7. The fourth-order valence-electron chi connectivity index (χ4n) is 4.45. The van der Waals surface area contributed by atoms with Gasteiger partial charge in [0.2, 0.25) is 0 Å². The molecule has 0 radical (unpaired) electrons. The van der Waals surface area contributed by atoms with Crippen molar-refractivity contribution in [3.05, 3.63) is 77.1 Å². The van der Waals surface area contributed by atoms with Crippen molar-refractivity contribution in [2.45, 2.75) is 52.9 Å². The third-order valence-corrected chi connectivity index (χ3v) is 6.41. The maximum absolute atomic E-state index is 14.0. The van der Waals surface area contributed by atoms with Crippen molar-refractivity contribution >= 4 is 22.8 Å². The lowest BCUT2D eigenvalue weighted by Gasteiger charge is -2.29. The number of allylic oxidation sites excluding steroid dienone is 1. The number of amidine groups is 1. The summed E-state index contributed by atoms with van der Waals surface area (Å²) in [6.07, 6.45) is 9.12. The first kappa shape index (κ1) is 25.5. The minimum Gasteiger partial charge on any atom is -0.399 e. The molecule has 0 atom stereocenters. The summed E-state index contributed by atoms with van der Waals surface area (Å²) < 4.78 is 27.6. The maximum Gasteiger partial charge on any atom is 0.159 e. The highest BCUT2D eigenvalue weighted by Crippen LogP contribution is 2.31. The molecule has 0 bridgehead atoms. The number of hydrogen-bond donors (Lipinski definition) is 1. The van der Waals surface area contributed by atoms with Gasteiger partial charge in [0.1, 0.15) is 5.84 Å². The smallest absolute Gasteiger partial charge is 0.159 e. The lowest BCUT2D eigenvalue weighted by Crippen LogP contribution is -2.35. The molecule has 1 saturated heterocycles. The molecule has 1 aliphatic heterocycles. The van der Waals surface area contributed by atoms with Crippen LogP contribution in [0.3, 0.4) is 0 Å². The average molecular weight is 467 g/mol. The van der Waals surface area contributed by atoms with Gasteiger partial charge in [-0.25, -0.2) is 13.8 Å². The van der Waals surface area contributed by atoms with E-state index in [1.54, 1.807) is 6.07 Å². The molecule has 3 rings (SSSR count). The van der Waals surface area contributed by atoms with Crippen LogP contribution < -0.4 is 5.73 Å². The Hall–Kier alpha value is -3.15. The molecule has 1 aliphatic rings. The van der Waals surface area contributed by atoms with Crippen LogP contribution in [0.15, 0.2) is 53.8 Å². The second-order valence-electron chi connectivity index (χ2n) is 8.73. The molecular weight excluding hydrogens is 430 g/mol. The van der Waals surface area contributed by atoms with Crippen molar-refractivity contribution in [2.75, 3.05) is 25.9 Å². The number of halogens is 2. The van der Waals surface area contributed by atoms with E-state index in [-0.39, 0.29) is 0 Å². The average Bonchev–Trinajstić information content (AvgIpc) is 2.85. The Labute approximate surface area is 202 Å². The summed E-state index contributed by atoms with van der Waals surface area (Å²) in [6.45, 7) is 8.23. The molecule has 0 spiro atoms. The van der Waals surface area contributed by atoms with Crippen molar-refractivity contribution < 1.29 is 8.78 Å². The molecule has 34 heavy (non-hydrogen) atoms. The van der Waals surface area contributed by atoms with Crippen molar-refractivity contribution in [1.82, 2.24) is 9.80 Å². The molecule has 0 amide bonds. The molecule has 4 nitrogen and oxygen atoms in total. The Morgan fingerprint density at radius 3 is 2.38 bits per heavy atom. The van der Waals surface area contributed by atoms with Crippen LogP contribution in [0.5, 0.6) is 0 Å². The Morgan fingerprint density at radius 1 is 1.03 bits per heavy atom. The van der Waals surface area contributed by atoms with E-state index < -0.39 is 11.6 Å². The lowest BCUT2D eigenvalue weighted by atomic mass is 9.97. The molecule has 0 saturated carbocycles. The van der Waals surface area contributed by atoms with E-state index in [4.69, 9.17) is 10.7 Å². The van der Waals surface area contributed by atoms with E-state index in [9.17, 15) is 8.78 Å². The van der Waals surface area contributed by atoms with Gasteiger partial charge in [0.05, 0.1) is 5.70 Å². The number of nitrogens with zero attached hydrogens (tertiary/aromatic N) is 3. The van der Waals surface area contributed by atoms with Crippen LogP contribution in [-0.4, -0.2) is 35.8 Å². The number of likely N-dealkylation sites (tertiary alicyclic amines) is 1. The number of nitrogens with two attached hydrogens (primary N) is 1. The second kappa shape index (κ2) is 11.8. The molecular formula is C28H36F2N4.